The number of nitrogens with zero attached hydrogens (tertiary/aromatic N) is 2. The first-order valence-corrected chi connectivity index (χ1v) is 15.2. The van der Waals surface area contributed by atoms with Gasteiger partial charge in [0.05, 0.1) is 10.6 Å². The molecule has 0 aliphatic heterocycles. The average molecular weight is 584 g/mol. The van der Waals surface area contributed by atoms with E-state index in [0.29, 0.717) is 29.2 Å². The Bertz CT molecular complexity index is 1410. The van der Waals surface area contributed by atoms with E-state index in [0.717, 1.165) is 15.4 Å². The highest BCUT2D eigenvalue weighted by Crippen LogP contribution is 2.31. The maximum Gasteiger partial charge on any atom is 0.264 e. The summed E-state index contributed by atoms with van der Waals surface area (Å²) in [5.74, 6) is -0.529. The largest absolute Gasteiger partial charge is 0.354 e. The zero-order valence-corrected chi connectivity index (χ0v) is 25.3. The fraction of sp³-hybridized carbons (Fsp3) is 0.355. The predicted octanol–water partition coefficient (Wildman–Crippen LogP) is 5.73. The van der Waals surface area contributed by atoms with Crippen molar-refractivity contribution < 1.29 is 18.0 Å². The van der Waals surface area contributed by atoms with Gasteiger partial charge in [-0.05, 0) is 61.6 Å². The Morgan fingerprint density at radius 1 is 0.925 bits per heavy atom. The third-order valence-electron chi connectivity index (χ3n) is 6.66. The van der Waals surface area contributed by atoms with Gasteiger partial charge in [-0.2, -0.15) is 0 Å². The normalized spacial score (nSPS) is 12.2. The van der Waals surface area contributed by atoms with Crippen LogP contribution in [0.2, 0.25) is 5.02 Å². The number of halogens is 1. The third-order valence-corrected chi connectivity index (χ3v) is 8.85. The lowest BCUT2D eigenvalue weighted by molar-refractivity contribution is -0.140. The van der Waals surface area contributed by atoms with Gasteiger partial charge >= 0.3 is 0 Å². The quantitative estimate of drug-likeness (QED) is 0.295. The molecule has 1 N–H and O–H groups in total. The molecule has 0 fully saturated rings. The predicted molar refractivity (Wildman–Crippen MR) is 161 cm³/mol. The van der Waals surface area contributed by atoms with Gasteiger partial charge < -0.3 is 10.2 Å². The van der Waals surface area contributed by atoms with Crippen LogP contribution in [0, 0.1) is 19.8 Å². The van der Waals surface area contributed by atoms with Gasteiger partial charge in [0, 0.05) is 18.1 Å². The van der Waals surface area contributed by atoms with E-state index in [1.165, 1.54) is 17.0 Å². The van der Waals surface area contributed by atoms with E-state index >= 15 is 0 Å². The maximum absolute atomic E-state index is 14.1. The molecule has 0 saturated heterocycles. The first-order chi connectivity index (χ1) is 18.9. The van der Waals surface area contributed by atoms with E-state index < -0.39 is 28.5 Å². The summed E-state index contributed by atoms with van der Waals surface area (Å²) in [4.78, 5) is 28.9. The summed E-state index contributed by atoms with van der Waals surface area (Å²) in [5.41, 5.74) is 2.58. The van der Waals surface area contributed by atoms with Gasteiger partial charge in [0.15, 0.2) is 0 Å². The molecule has 40 heavy (non-hydrogen) atoms. The third kappa shape index (κ3) is 7.64. The Labute approximate surface area is 243 Å². The number of rotatable bonds is 12. The van der Waals surface area contributed by atoms with Crippen molar-refractivity contribution in [2.45, 2.75) is 58.5 Å². The molecule has 0 unspecified atom stereocenters. The molecule has 1 atom stereocenters. The molecule has 214 valence electrons. The summed E-state index contributed by atoms with van der Waals surface area (Å²) in [6.07, 6.45) is 0.364. The standard InChI is InChI=1S/C31H38ClN3O4S/c1-6-28(31(37)33-19-22(2)3)34(20-25-11-8-7-9-12-25)30(36)21-35(29-14-10-13-27(32)24(29)5)40(38,39)26-17-15-23(4)16-18-26/h7-18,22,28H,6,19-21H2,1-5H3,(H,33,37)/t28-/m1/s1. The molecule has 2 amide bonds. The summed E-state index contributed by atoms with van der Waals surface area (Å²) in [6.45, 7) is 9.54. The topological polar surface area (TPSA) is 86.8 Å². The van der Waals surface area contributed by atoms with E-state index in [-0.39, 0.29) is 23.3 Å². The molecule has 0 aliphatic rings. The van der Waals surface area contributed by atoms with Crippen molar-refractivity contribution in [1.29, 1.82) is 0 Å². The Morgan fingerprint density at radius 3 is 2.17 bits per heavy atom. The number of aryl methyl sites for hydroxylation is 1. The van der Waals surface area contributed by atoms with Gasteiger partial charge in [-0.3, -0.25) is 13.9 Å². The fourth-order valence-electron chi connectivity index (χ4n) is 4.34. The Balaban J connectivity index is 2.07. The summed E-state index contributed by atoms with van der Waals surface area (Å²) >= 11 is 6.39. The van der Waals surface area contributed by atoms with Crippen LogP contribution in [0.1, 0.15) is 43.9 Å². The van der Waals surface area contributed by atoms with E-state index in [2.05, 4.69) is 5.32 Å². The second-order valence-corrected chi connectivity index (χ2v) is 12.5. The van der Waals surface area contributed by atoms with E-state index in [9.17, 15) is 18.0 Å². The zero-order chi connectivity index (χ0) is 29.4. The molecule has 3 aromatic carbocycles. The Morgan fingerprint density at radius 2 is 1.57 bits per heavy atom. The van der Waals surface area contributed by atoms with Gasteiger partial charge in [-0.25, -0.2) is 8.42 Å². The second kappa shape index (κ2) is 13.8. The smallest absolute Gasteiger partial charge is 0.264 e. The number of hydrogen-bond acceptors (Lipinski definition) is 4. The van der Waals surface area contributed by atoms with Crippen LogP contribution in [0.15, 0.2) is 77.7 Å². The molecule has 7 nitrogen and oxygen atoms in total. The van der Waals surface area contributed by atoms with Gasteiger partial charge in [-0.1, -0.05) is 86.5 Å². The minimum Gasteiger partial charge on any atom is -0.354 e. The van der Waals surface area contributed by atoms with Crippen molar-refractivity contribution in [2.75, 3.05) is 17.4 Å². The highest BCUT2D eigenvalue weighted by atomic mass is 35.5. The maximum atomic E-state index is 14.1. The first-order valence-electron chi connectivity index (χ1n) is 13.4. The lowest BCUT2D eigenvalue weighted by Gasteiger charge is -2.33. The van der Waals surface area contributed by atoms with Crippen LogP contribution in [0.25, 0.3) is 0 Å². The number of carbonyl (C=O) groups is 2. The molecule has 0 aliphatic carbocycles. The minimum atomic E-state index is -4.16. The molecule has 0 bridgehead atoms. The van der Waals surface area contributed by atoms with E-state index in [1.54, 1.807) is 37.3 Å². The van der Waals surface area contributed by atoms with E-state index in [4.69, 9.17) is 11.6 Å². The monoisotopic (exact) mass is 583 g/mol. The first kappa shape index (κ1) is 31.2. The van der Waals surface area contributed by atoms with E-state index in [1.807, 2.05) is 58.0 Å². The molecule has 3 rings (SSSR count). The van der Waals surface area contributed by atoms with Crippen molar-refractivity contribution in [1.82, 2.24) is 10.2 Å². The summed E-state index contributed by atoms with van der Waals surface area (Å²) in [5, 5.41) is 3.32. The van der Waals surface area contributed by atoms with Crippen LogP contribution < -0.4 is 9.62 Å². The molecule has 0 heterocycles. The van der Waals surface area contributed by atoms with Crippen molar-refractivity contribution in [3.05, 3.63) is 94.5 Å². The highest BCUT2D eigenvalue weighted by molar-refractivity contribution is 7.92. The number of amides is 2. The number of nitrogens with one attached hydrogen (secondary N) is 1. The van der Waals surface area contributed by atoms with Crippen molar-refractivity contribution >= 4 is 39.1 Å². The molecular formula is C31H38ClN3O4S. The summed E-state index contributed by atoms with van der Waals surface area (Å²) in [7, 11) is -4.16. The lowest BCUT2D eigenvalue weighted by atomic mass is 10.1. The van der Waals surface area contributed by atoms with Crippen LogP contribution in [-0.2, 0) is 26.2 Å². The molecule has 9 heteroatoms. The second-order valence-electron chi connectivity index (χ2n) is 10.3. The van der Waals surface area contributed by atoms with Crippen LogP contribution in [-0.4, -0.2) is 44.3 Å². The van der Waals surface area contributed by atoms with Crippen LogP contribution in [0.5, 0.6) is 0 Å². The number of carbonyl (C=O) groups excluding carboxylic acids is 2. The minimum absolute atomic E-state index is 0.0570. The van der Waals surface area contributed by atoms with Crippen LogP contribution in [0.4, 0.5) is 5.69 Å². The summed E-state index contributed by atoms with van der Waals surface area (Å²) < 4.78 is 29.1. The SMILES string of the molecule is CC[C@H](C(=O)NCC(C)C)N(Cc1ccccc1)C(=O)CN(c1cccc(Cl)c1C)S(=O)(=O)c1ccc(C)cc1. The highest BCUT2D eigenvalue weighted by Gasteiger charge is 2.34. The number of hydrogen-bond donors (Lipinski definition) is 1. The fourth-order valence-corrected chi connectivity index (χ4v) is 5.98. The lowest BCUT2D eigenvalue weighted by Crippen LogP contribution is -2.52. The molecule has 0 aromatic heterocycles. The van der Waals surface area contributed by atoms with Gasteiger partial charge in [0.25, 0.3) is 10.0 Å². The van der Waals surface area contributed by atoms with Crippen LogP contribution >= 0.6 is 11.6 Å². The molecule has 0 spiro atoms. The zero-order valence-electron chi connectivity index (χ0n) is 23.7. The molecule has 0 radical (unpaired) electrons. The Kier molecular flexibility index (Phi) is 10.8. The molecular weight excluding hydrogens is 546 g/mol. The van der Waals surface area contributed by atoms with Crippen molar-refractivity contribution in [2.24, 2.45) is 5.92 Å². The van der Waals surface area contributed by atoms with Crippen molar-refractivity contribution in [3.8, 4) is 0 Å². The number of anilines is 1. The molecule has 0 saturated carbocycles. The average Bonchev–Trinajstić information content (AvgIpc) is 2.92. The molecule has 3 aromatic rings. The van der Waals surface area contributed by atoms with Crippen LogP contribution in [0.3, 0.4) is 0 Å². The van der Waals surface area contributed by atoms with Crippen molar-refractivity contribution in [3.63, 3.8) is 0 Å². The number of benzene rings is 3. The summed E-state index contributed by atoms with van der Waals surface area (Å²) in [6, 6.07) is 20.0. The van der Waals surface area contributed by atoms with Gasteiger partial charge in [-0.15, -0.1) is 0 Å². The van der Waals surface area contributed by atoms with Gasteiger partial charge in [0.1, 0.15) is 12.6 Å². The number of sulfonamides is 1. The Hall–Kier alpha value is -3.36. The van der Waals surface area contributed by atoms with Gasteiger partial charge in [0.2, 0.25) is 11.8 Å².